The van der Waals surface area contributed by atoms with Crippen molar-refractivity contribution >= 4 is 10.9 Å². The van der Waals surface area contributed by atoms with Gasteiger partial charge in [-0.1, -0.05) is 36.4 Å². The van der Waals surface area contributed by atoms with E-state index in [4.69, 9.17) is 4.74 Å². The predicted molar refractivity (Wildman–Crippen MR) is 107 cm³/mol. The molecule has 0 radical (unpaired) electrons. The van der Waals surface area contributed by atoms with Crippen LogP contribution in [-0.2, 0) is 13.0 Å². The molecule has 0 amide bonds. The van der Waals surface area contributed by atoms with Crippen LogP contribution >= 0.6 is 0 Å². The number of rotatable bonds is 7. The Balaban J connectivity index is 1.32. The second-order valence-electron chi connectivity index (χ2n) is 6.49. The van der Waals surface area contributed by atoms with E-state index in [9.17, 15) is 4.39 Å². The molecule has 1 heterocycles. The third-order valence-electron chi connectivity index (χ3n) is 4.51. The lowest BCUT2D eigenvalue weighted by atomic mass is 10.1. The zero-order chi connectivity index (χ0) is 18.5. The molecule has 0 spiro atoms. The van der Waals surface area contributed by atoms with Crippen LogP contribution in [0.3, 0.4) is 0 Å². The molecule has 0 aliphatic heterocycles. The minimum atomic E-state index is -0.303. The predicted octanol–water partition coefficient (Wildman–Crippen LogP) is 5.43. The van der Waals surface area contributed by atoms with Crippen LogP contribution < -0.4 is 10.1 Å². The van der Waals surface area contributed by atoms with Gasteiger partial charge in [0.2, 0.25) is 0 Å². The van der Waals surface area contributed by atoms with Crippen LogP contribution in [0.15, 0.2) is 79.0 Å². The molecule has 4 rings (SSSR count). The van der Waals surface area contributed by atoms with E-state index in [1.54, 1.807) is 12.1 Å². The molecule has 0 unspecified atom stereocenters. The molecule has 0 aliphatic carbocycles. The number of benzene rings is 3. The fourth-order valence-electron chi connectivity index (χ4n) is 3.18. The number of H-pyrrole nitrogens is 1. The van der Waals surface area contributed by atoms with Gasteiger partial charge in [-0.05, 0) is 54.4 Å². The number of aromatic amines is 1. The molecule has 3 nitrogen and oxygen atoms in total. The molecule has 0 aliphatic rings. The van der Waals surface area contributed by atoms with Gasteiger partial charge in [-0.25, -0.2) is 4.39 Å². The van der Waals surface area contributed by atoms with Crippen molar-refractivity contribution in [2.24, 2.45) is 0 Å². The zero-order valence-corrected chi connectivity index (χ0v) is 14.9. The van der Waals surface area contributed by atoms with Gasteiger partial charge in [0, 0.05) is 29.7 Å². The molecule has 0 atom stereocenters. The summed E-state index contributed by atoms with van der Waals surface area (Å²) < 4.78 is 19.0. The van der Waals surface area contributed by atoms with E-state index in [1.165, 1.54) is 28.6 Å². The summed E-state index contributed by atoms with van der Waals surface area (Å²) in [6.07, 6.45) is 3.04. The van der Waals surface area contributed by atoms with Gasteiger partial charge < -0.3 is 15.0 Å². The first-order chi connectivity index (χ1) is 13.3. The number of ether oxygens (including phenoxy) is 1. The summed E-state index contributed by atoms with van der Waals surface area (Å²) in [5.41, 5.74) is 3.62. The van der Waals surface area contributed by atoms with Crippen LogP contribution in [0.4, 0.5) is 4.39 Å². The van der Waals surface area contributed by atoms with Crippen LogP contribution in [0, 0.1) is 5.82 Å². The quantitative estimate of drug-likeness (QED) is 0.431. The van der Waals surface area contributed by atoms with Crippen LogP contribution in [0.1, 0.15) is 11.1 Å². The Kier molecular flexibility index (Phi) is 5.17. The van der Waals surface area contributed by atoms with Crippen molar-refractivity contribution in [1.29, 1.82) is 0 Å². The summed E-state index contributed by atoms with van der Waals surface area (Å²) in [6, 6.07) is 22.4. The van der Waals surface area contributed by atoms with Crippen molar-refractivity contribution in [1.82, 2.24) is 10.3 Å². The molecule has 27 heavy (non-hydrogen) atoms. The van der Waals surface area contributed by atoms with E-state index >= 15 is 0 Å². The average Bonchev–Trinajstić information content (AvgIpc) is 3.09. The van der Waals surface area contributed by atoms with Gasteiger partial charge >= 0.3 is 0 Å². The molecule has 4 heteroatoms. The number of aromatic nitrogens is 1. The van der Waals surface area contributed by atoms with Gasteiger partial charge in [0.25, 0.3) is 0 Å². The standard InChI is InChI=1S/C23H21FN2O/c24-19-6-4-8-21(14-19)27-20-7-3-5-17(13-20)15-25-12-11-18-16-26-23-10-2-1-9-22(18)23/h1-10,13-14,16,25-26H,11-12,15H2. The van der Waals surface area contributed by atoms with Crippen molar-refractivity contribution < 1.29 is 9.13 Å². The normalized spacial score (nSPS) is 11.0. The van der Waals surface area contributed by atoms with Gasteiger partial charge in [-0.15, -0.1) is 0 Å². The molecule has 0 saturated heterocycles. The number of halogens is 1. The molecular formula is C23H21FN2O. The minimum Gasteiger partial charge on any atom is -0.457 e. The molecule has 0 bridgehead atoms. The summed E-state index contributed by atoms with van der Waals surface area (Å²) in [6.45, 7) is 1.64. The molecule has 4 aromatic rings. The number of hydrogen-bond donors (Lipinski definition) is 2. The topological polar surface area (TPSA) is 37.0 Å². The Hall–Kier alpha value is -3.11. The highest BCUT2D eigenvalue weighted by Gasteiger charge is 2.03. The second-order valence-corrected chi connectivity index (χ2v) is 6.49. The van der Waals surface area contributed by atoms with Crippen LogP contribution in [0.25, 0.3) is 10.9 Å². The maximum atomic E-state index is 13.3. The molecular weight excluding hydrogens is 339 g/mol. The highest BCUT2D eigenvalue weighted by molar-refractivity contribution is 5.83. The molecule has 3 aromatic carbocycles. The minimum absolute atomic E-state index is 0.303. The summed E-state index contributed by atoms with van der Waals surface area (Å²) in [5.74, 6) is 0.901. The van der Waals surface area contributed by atoms with E-state index < -0.39 is 0 Å². The highest BCUT2D eigenvalue weighted by atomic mass is 19.1. The van der Waals surface area contributed by atoms with Crippen molar-refractivity contribution in [3.05, 3.63) is 95.9 Å². The zero-order valence-electron chi connectivity index (χ0n) is 14.9. The summed E-state index contributed by atoms with van der Waals surface area (Å²) in [5, 5.41) is 4.76. The number of hydrogen-bond acceptors (Lipinski definition) is 2. The van der Waals surface area contributed by atoms with E-state index in [0.717, 1.165) is 25.1 Å². The van der Waals surface area contributed by atoms with Crippen molar-refractivity contribution in [2.75, 3.05) is 6.54 Å². The molecule has 0 fully saturated rings. The SMILES string of the molecule is Fc1cccc(Oc2cccc(CNCCc3c[nH]c4ccccc34)c2)c1. The Labute approximate surface area is 157 Å². The van der Waals surface area contributed by atoms with Gasteiger partial charge in [0.05, 0.1) is 0 Å². The Bertz CT molecular complexity index is 1040. The first-order valence-electron chi connectivity index (χ1n) is 9.06. The number of para-hydroxylation sites is 1. The van der Waals surface area contributed by atoms with Crippen molar-refractivity contribution in [3.8, 4) is 11.5 Å². The number of fused-ring (bicyclic) bond motifs is 1. The van der Waals surface area contributed by atoms with E-state index in [2.05, 4.69) is 40.8 Å². The van der Waals surface area contributed by atoms with Crippen LogP contribution in [0.5, 0.6) is 11.5 Å². The highest BCUT2D eigenvalue weighted by Crippen LogP contribution is 2.23. The van der Waals surface area contributed by atoms with Crippen LogP contribution in [0.2, 0.25) is 0 Å². The summed E-state index contributed by atoms with van der Waals surface area (Å²) in [7, 11) is 0. The summed E-state index contributed by atoms with van der Waals surface area (Å²) in [4.78, 5) is 3.31. The fraction of sp³-hybridized carbons (Fsp3) is 0.130. The molecule has 136 valence electrons. The maximum absolute atomic E-state index is 13.3. The lowest BCUT2D eigenvalue weighted by molar-refractivity contribution is 0.475. The van der Waals surface area contributed by atoms with Crippen molar-refractivity contribution in [2.45, 2.75) is 13.0 Å². The van der Waals surface area contributed by atoms with Gasteiger partial charge in [-0.3, -0.25) is 0 Å². The lowest BCUT2D eigenvalue weighted by Crippen LogP contribution is -2.16. The smallest absolute Gasteiger partial charge is 0.130 e. The fourth-order valence-corrected chi connectivity index (χ4v) is 3.18. The Morgan fingerprint density at radius 2 is 1.70 bits per heavy atom. The van der Waals surface area contributed by atoms with Crippen LogP contribution in [-0.4, -0.2) is 11.5 Å². The second kappa shape index (κ2) is 8.06. The first kappa shape index (κ1) is 17.3. The maximum Gasteiger partial charge on any atom is 0.130 e. The molecule has 0 saturated carbocycles. The average molecular weight is 360 g/mol. The van der Waals surface area contributed by atoms with Gasteiger partial charge in [0.15, 0.2) is 0 Å². The van der Waals surface area contributed by atoms with E-state index in [0.29, 0.717) is 11.5 Å². The summed E-state index contributed by atoms with van der Waals surface area (Å²) >= 11 is 0. The monoisotopic (exact) mass is 360 g/mol. The van der Waals surface area contributed by atoms with E-state index in [-0.39, 0.29) is 5.82 Å². The third kappa shape index (κ3) is 4.36. The molecule has 1 aromatic heterocycles. The Morgan fingerprint density at radius 3 is 2.59 bits per heavy atom. The van der Waals surface area contributed by atoms with E-state index in [1.807, 2.05) is 24.3 Å². The van der Waals surface area contributed by atoms with Crippen molar-refractivity contribution in [3.63, 3.8) is 0 Å². The van der Waals surface area contributed by atoms with Gasteiger partial charge in [-0.2, -0.15) is 0 Å². The van der Waals surface area contributed by atoms with Gasteiger partial charge in [0.1, 0.15) is 17.3 Å². The first-order valence-corrected chi connectivity index (χ1v) is 9.06. The number of nitrogens with one attached hydrogen (secondary N) is 2. The third-order valence-corrected chi connectivity index (χ3v) is 4.51. The molecule has 2 N–H and O–H groups in total. The largest absolute Gasteiger partial charge is 0.457 e. The Morgan fingerprint density at radius 1 is 0.889 bits per heavy atom. The lowest BCUT2D eigenvalue weighted by Gasteiger charge is -2.09.